The van der Waals surface area contributed by atoms with E-state index >= 15 is 0 Å². The lowest BCUT2D eigenvalue weighted by Crippen LogP contribution is -2.28. The third-order valence-electron chi connectivity index (χ3n) is 3.46. The molecule has 0 saturated carbocycles. The zero-order valence-electron chi connectivity index (χ0n) is 11.0. The molecule has 1 aromatic rings. The molecular weight excluding hydrogens is 228 g/mol. The highest BCUT2D eigenvalue weighted by Gasteiger charge is 2.22. The molecule has 1 aliphatic rings. The molecule has 0 aliphatic carbocycles. The molecule has 2 rings (SSSR count). The molecule has 0 aromatic heterocycles. The summed E-state index contributed by atoms with van der Waals surface area (Å²) in [4.78, 5) is 12.1. The number of benzene rings is 1. The number of rotatable bonds is 2. The van der Waals surface area contributed by atoms with Gasteiger partial charge in [0, 0.05) is 30.5 Å². The number of hydrogen-bond donors (Lipinski definition) is 2. The summed E-state index contributed by atoms with van der Waals surface area (Å²) in [5, 5.41) is 3.00. The van der Waals surface area contributed by atoms with E-state index in [0.29, 0.717) is 13.2 Å². The molecule has 4 heteroatoms. The Kier molecular flexibility index (Phi) is 3.87. The SMILES string of the molecule is Cc1cc(NC(=O)C2CCOCC2)c(C)cc1N. The van der Waals surface area contributed by atoms with Crippen molar-refractivity contribution in [2.24, 2.45) is 5.92 Å². The minimum atomic E-state index is 0.0657. The summed E-state index contributed by atoms with van der Waals surface area (Å²) < 4.78 is 5.26. The fourth-order valence-corrected chi connectivity index (χ4v) is 2.17. The molecule has 1 saturated heterocycles. The van der Waals surface area contributed by atoms with E-state index in [2.05, 4.69) is 5.32 Å². The zero-order chi connectivity index (χ0) is 13.1. The average Bonchev–Trinajstić information content (AvgIpc) is 2.37. The predicted molar refractivity (Wildman–Crippen MR) is 72.5 cm³/mol. The number of anilines is 2. The second-order valence-corrected chi connectivity index (χ2v) is 4.90. The van der Waals surface area contributed by atoms with Crippen LogP contribution in [0.25, 0.3) is 0 Å². The summed E-state index contributed by atoms with van der Waals surface area (Å²) in [6.07, 6.45) is 1.61. The van der Waals surface area contributed by atoms with Crippen LogP contribution in [-0.2, 0) is 9.53 Å². The van der Waals surface area contributed by atoms with Crippen molar-refractivity contribution in [2.75, 3.05) is 24.3 Å². The number of nitrogens with two attached hydrogens (primary N) is 1. The van der Waals surface area contributed by atoms with Crippen LogP contribution in [0.4, 0.5) is 11.4 Å². The van der Waals surface area contributed by atoms with E-state index in [4.69, 9.17) is 10.5 Å². The van der Waals surface area contributed by atoms with Gasteiger partial charge in [-0.3, -0.25) is 4.79 Å². The predicted octanol–water partition coefficient (Wildman–Crippen LogP) is 2.25. The van der Waals surface area contributed by atoms with E-state index in [1.807, 2.05) is 26.0 Å². The van der Waals surface area contributed by atoms with Crippen LogP contribution in [0.15, 0.2) is 12.1 Å². The van der Waals surface area contributed by atoms with E-state index in [9.17, 15) is 4.79 Å². The fourth-order valence-electron chi connectivity index (χ4n) is 2.17. The van der Waals surface area contributed by atoms with E-state index in [0.717, 1.165) is 35.3 Å². The van der Waals surface area contributed by atoms with Gasteiger partial charge in [0.15, 0.2) is 0 Å². The molecule has 1 amide bonds. The van der Waals surface area contributed by atoms with Crippen LogP contribution in [0, 0.1) is 19.8 Å². The van der Waals surface area contributed by atoms with E-state index in [1.165, 1.54) is 0 Å². The van der Waals surface area contributed by atoms with Crippen molar-refractivity contribution < 1.29 is 9.53 Å². The standard InChI is InChI=1S/C14H20N2O2/c1-9-8-13(10(2)7-12(9)15)16-14(17)11-3-5-18-6-4-11/h7-8,11H,3-6,15H2,1-2H3,(H,16,17). The van der Waals surface area contributed by atoms with Crippen LogP contribution < -0.4 is 11.1 Å². The lowest BCUT2D eigenvalue weighted by molar-refractivity contribution is -0.122. The van der Waals surface area contributed by atoms with E-state index in [-0.39, 0.29) is 11.8 Å². The minimum Gasteiger partial charge on any atom is -0.399 e. The van der Waals surface area contributed by atoms with Crippen LogP contribution in [0.3, 0.4) is 0 Å². The Hall–Kier alpha value is -1.55. The second-order valence-electron chi connectivity index (χ2n) is 4.90. The molecule has 98 valence electrons. The van der Waals surface area contributed by atoms with Gasteiger partial charge in [-0.2, -0.15) is 0 Å². The Balaban J connectivity index is 2.08. The van der Waals surface area contributed by atoms with Crippen molar-refractivity contribution in [1.29, 1.82) is 0 Å². The van der Waals surface area contributed by atoms with Crippen LogP contribution in [0.2, 0.25) is 0 Å². The lowest BCUT2D eigenvalue weighted by atomic mass is 9.99. The molecular formula is C14H20N2O2. The Labute approximate surface area is 108 Å². The van der Waals surface area contributed by atoms with Crippen molar-refractivity contribution in [3.05, 3.63) is 23.3 Å². The number of nitrogens with one attached hydrogen (secondary N) is 1. The number of carbonyl (C=O) groups excluding carboxylic acids is 1. The number of carbonyl (C=O) groups is 1. The topological polar surface area (TPSA) is 64.3 Å². The molecule has 1 aliphatic heterocycles. The van der Waals surface area contributed by atoms with E-state index < -0.39 is 0 Å². The quantitative estimate of drug-likeness (QED) is 0.789. The Morgan fingerprint density at radius 1 is 1.28 bits per heavy atom. The molecule has 1 heterocycles. The summed E-state index contributed by atoms with van der Waals surface area (Å²) in [6.45, 7) is 5.25. The Bertz CT molecular complexity index is 451. The van der Waals surface area contributed by atoms with Gasteiger partial charge in [-0.15, -0.1) is 0 Å². The molecule has 0 bridgehead atoms. The van der Waals surface area contributed by atoms with Gasteiger partial charge in [0.1, 0.15) is 0 Å². The minimum absolute atomic E-state index is 0.0657. The third kappa shape index (κ3) is 2.82. The van der Waals surface area contributed by atoms with Gasteiger partial charge in [-0.05, 0) is 49.9 Å². The van der Waals surface area contributed by atoms with Crippen LogP contribution in [-0.4, -0.2) is 19.1 Å². The summed E-state index contributed by atoms with van der Waals surface area (Å²) >= 11 is 0. The number of ether oxygens (including phenoxy) is 1. The maximum Gasteiger partial charge on any atom is 0.227 e. The van der Waals surface area contributed by atoms with Gasteiger partial charge in [0.05, 0.1) is 0 Å². The van der Waals surface area contributed by atoms with Crippen LogP contribution >= 0.6 is 0 Å². The normalized spacial score (nSPS) is 16.6. The number of amides is 1. The summed E-state index contributed by atoms with van der Waals surface area (Å²) in [6, 6.07) is 3.83. The molecule has 18 heavy (non-hydrogen) atoms. The van der Waals surface area contributed by atoms with E-state index in [1.54, 1.807) is 0 Å². The maximum atomic E-state index is 12.1. The van der Waals surface area contributed by atoms with Crippen molar-refractivity contribution in [1.82, 2.24) is 0 Å². The molecule has 3 N–H and O–H groups in total. The van der Waals surface area contributed by atoms with Gasteiger partial charge in [0.25, 0.3) is 0 Å². The first-order chi connectivity index (χ1) is 8.58. The number of aryl methyl sites for hydroxylation is 2. The summed E-state index contributed by atoms with van der Waals surface area (Å²) in [5.41, 5.74) is 9.44. The van der Waals surface area contributed by atoms with Gasteiger partial charge >= 0.3 is 0 Å². The molecule has 0 spiro atoms. The Morgan fingerprint density at radius 2 is 1.94 bits per heavy atom. The average molecular weight is 248 g/mol. The highest BCUT2D eigenvalue weighted by atomic mass is 16.5. The number of nitrogen functional groups attached to an aromatic ring is 1. The van der Waals surface area contributed by atoms with Crippen molar-refractivity contribution in [3.63, 3.8) is 0 Å². The third-order valence-corrected chi connectivity index (χ3v) is 3.46. The van der Waals surface area contributed by atoms with Gasteiger partial charge < -0.3 is 15.8 Å². The van der Waals surface area contributed by atoms with Crippen molar-refractivity contribution >= 4 is 17.3 Å². The van der Waals surface area contributed by atoms with Crippen molar-refractivity contribution in [3.8, 4) is 0 Å². The first kappa shape index (κ1) is 12.9. The summed E-state index contributed by atoms with van der Waals surface area (Å²) in [7, 11) is 0. The van der Waals surface area contributed by atoms with Crippen LogP contribution in [0.1, 0.15) is 24.0 Å². The highest BCUT2D eigenvalue weighted by molar-refractivity contribution is 5.93. The molecule has 4 nitrogen and oxygen atoms in total. The molecule has 1 aromatic carbocycles. The van der Waals surface area contributed by atoms with Gasteiger partial charge in [0.2, 0.25) is 5.91 Å². The molecule has 0 atom stereocenters. The zero-order valence-corrected chi connectivity index (χ0v) is 11.0. The van der Waals surface area contributed by atoms with Crippen molar-refractivity contribution in [2.45, 2.75) is 26.7 Å². The smallest absolute Gasteiger partial charge is 0.227 e. The van der Waals surface area contributed by atoms with Crippen LogP contribution in [0.5, 0.6) is 0 Å². The lowest BCUT2D eigenvalue weighted by Gasteiger charge is -2.22. The molecule has 0 unspecified atom stereocenters. The number of hydrogen-bond acceptors (Lipinski definition) is 3. The monoisotopic (exact) mass is 248 g/mol. The largest absolute Gasteiger partial charge is 0.399 e. The molecule has 1 fully saturated rings. The first-order valence-corrected chi connectivity index (χ1v) is 6.33. The first-order valence-electron chi connectivity index (χ1n) is 6.33. The van der Waals surface area contributed by atoms with Gasteiger partial charge in [-0.25, -0.2) is 0 Å². The molecule has 0 radical (unpaired) electrons. The Morgan fingerprint density at radius 3 is 2.61 bits per heavy atom. The fraction of sp³-hybridized carbons (Fsp3) is 0.500. The van der Waals surface area contributed by atoms with Gasteiger partial charge in [-0.1, -0.05) is 0 Å². The second kappa shape index (κ2) is 5.40. The highest BCUT2D eigenvalue weighted by Crippen LogP contribution is 2.24. The summed E-state index contributed by atoms with van der Waals surface area (Å²) in [5.74, 6) is 0.154. The maximum absolute atomic E-state index is 12.1.